The summed E-state index contributed by atoms with van der Waals surface area (Å²) < 4.78 is 30.8. The van der Waals surface area contributed by atoms with E-state index in [9.17, 15) is 4.79 Å². The fourth-order valence-corrected chi connectivity index (χ4v) is 5.69. The van der Waals surface area contributed by atoms with Crippen molar-refractivity contribution < 1.29 is 23.1 Å². The molecule has 2 aromatic heterocycles. The summed E-state index contributed by atoms with van der Waals surface area (Å²) in [5.41, 5.74) is 6.37. The van der Waals surface area contributed by atoms with Gasteiger partial charge in [-0.3, -0.25) is 9.79 Å². The summed E-state index contributed by atoms with van der Waals surface area (Å²) in [5.74, 6) is -0.468. The van der Waals surface area contributed by atoms with Crippen molar-refractivity contribution in [1.29, 1.82) is 0 Å². The molecule has 3 atom stereocenters. The van der Waals surface area contributed by atoms with E-state index in [1.54, 1.807) is 20.1 Å². The first kappa shape index (κ1) is 26.6. The van der Waals surface area contributed by atoms with Gasteiger partial charge in [0.2, 0.25) is 11.8 Å². The predicted molar refractivity (Wildman–Crippen MR) is 138 cm³/mol. The topological polar surface area (TPSA) is 138 Å². The van der Waals surface area contributed by atoms with Gasteiger partial charge in [-0.2, -0.15) is 0 Å². The molecule has 1 aromatic carbocycles. The quantitative estimate of drug-likeness (QED) is 0.443. The Morgan fingerprint density at radius 3 is 2.78 bits per heavy atom. The van der Waals surface area contributed by atoms with Crippen LogP contribution >= 0.6 is 11.8 Å². The predicted octanol–water partition coefficient (Wildman–Crippen LogP) is 4.06. The van der Waals surface area contributed by atoms with E-state index in [0.29, 0.717) is 34.6 Å². The van der Waals surface area contributed by atoms with Gasteiger partial charge < -0.3 is 24.9 Å². The van der Waals surface area contributed by atoms with Crippen molar-refractivity contribution in [2.24, 2.45) is 16.6 Å². The van der Waals surface area contributed by atoms with Gasteiger partial charge in [-0.05, 0) is 39.0 Å². The number of amidine groups is 1. The van der Waals surface area contributed by atoms with Crippen molar-refractivity contribution in [3.63, 3.8) is 0 Å². The van der Waals surface area contributed by atoms with Crippen LogP contribution in [0.25, 0.3) is 0 Å². The van der Waals surface area contributed by atoms with Crippen molar-refractivity contribution in [1.82, 2.24) is 15.0 Å². The molecule has 0 saturated heterocycles. The molecule has 0 saturated carbocycles. The average Bonchev–Trinajstić information content (AvgIpc) is 3.36. The maximum Gasteiger partial charge on any atom is 0.276 e. The molecule has 10 nitrogen and oxygen atoms in total. The Bertz CT molecular complexity index is 1320. The zero-order chi connectivity index (χ0) is 26.8. The number of nitrogens with zero attached hydrogens (tertiary/aromatic N) is 4. The first-order chi connectivity index (χ1) is 17.6. The smallest absolute Gasteiger partial charge is 0.276 e. The number of methoxy groups -OCH3 is 1. The average molecular weight is 529 g/mol. The Hall–Kier alpha value is -3.51. The summed E-state index contributed by atoms with van der Waals surface area (Å²) in [7, 11) is 1.62. The summed E-state index contributed by atoms with van der Waals surface area (Å²) in [5, 5.41) is 3.14. The highest BCUT2D eigenvalue weighted by Crippen LogP contribution is 2.50. The maximum absolute atomic E-state index is 15.2. The molecule has 0 aliphatic carbocycles. The van der Waals surface area contributed by atoms with Crippen LogP contribution in [0.5, 0.6) is 5.88 Å². The molecule has 0 fully saturated rings. The highest BCUT2D eigenvalue weighted by atomic mass is 32.2. The van der Waals surface area contributed by atoms with Crippen LogP contribution in [0.2, 0.25) is 0 Å². The molecule has 1 amide bonds. The van der Waals surface area contributed by atoms with Gasteiger partial charge in [-0.25, -0.2) is 19.3 Å². The van der Waals surface area contributed by atoms with Gasteiger partial charge in [0.25, 0.3) is 5.91 Å². The standard InChI is InChI=1S/C25H29FN6O4S/c1-14-21(29-11-19(30-14)36-12-20-28-8-9-35-20)22(33)31-16-6-7-18(26)17(10-16)25(4)15(2)24(3,13-34-5)37-23(27)32-25/h6-11,15H,12-13H2,1-5H3,(H2,27,32)(H,31,33)/t15-,24-,25+/m1/s1. The number of ether oxygens (including phenoxy) is 2. The number of aromatic nitrogens is 3. The molecule has 3 heterocycles. The minimum Gasteiger partial charge on any atom is -0.467 e. The number of thioether (sulfide) groups is 1. The Morgan fingerprint density at radius 1 is 1.32 bits per heavy atom. The lowest BCUT2D eigenvalue weighted by molar-refractivity contribution is 0.102. The number of anilines is 1. The molecule has 0 radical (unpaired) electrons. The maximum atomic E-state index is 15.2. The molecule has 0 unspecified atom stereocenters. The second kappa shape index (κ2) is 10.5. The molecular weight excluding hydrogens is 499 g/mol. The van der Waals surface area contributed by atoms with Gasteiger partial charge in [-0.1, -0.05) is 18.7 Å². The van der Waals surface area contributed by atoms with Crippen LogP contribution in [-0.2, 0) is 16.9 Å². The van der Waals surface area contributed by atoms with Crippen molar-refractivity contribution in [3.05, 3.63) is 65.5 Å². The number of carbonyl (C=O) groups excluding carboxylic acids is 1. The number of nitrogens with two attached hydrogens (primary N) is 1. The van der Waals surface area contributed by atoms with Gasteiger partial charge >= 0.3 is 0 Å². The monoisotopic (exact) mass is 528 g/mol. The highest BCUT2D eigenvalue weighted by Gasteiger charge is 2.50. The van der Waals surface area contributed by atoms with E-state index in [0.717, 1.165) is 0 Å². The normalized spacial score (nSPS) is 23.4. The first-order valence-corrected chi connectivity index (χ1v) is 12.4. The number of carbonyl (C=O) groups is 1. The minimum absolute atomic E-state index is 0.0805. The molecule has 0 spiro atoms. The lowest BCUT2D eigenvalue weighted by Crippen LogP contribution is -2.50. The van der Waals surface area contributed by atoms with Crippen molar-refractivity contribution in [2.75, 3.05) is 19.0 Å². The number of benzene rings is 1. The Morgan fingerprint density at radius 2 is 2.11 bits per heavy atom. The third-order valence-electron chi connectivity index (χ3n) is 6.61. The number of aryl methyl sites for hydroxylation is 1. The SMILES string of the molecule is COC[C@@]1(C)SC(N)=N[C@](C)(c2cc(NC(=O)c3ncc(OCc4ncco4)nc3C)ccc2F)[C@@H]1C. The lowest BCUT2D eigenvalue weighted by Gasteiger charge is -2.47. The van der Waals surface area contributed by atoms with Gasteiger partial charge in [0.15, 0.2) is 11.8 Å². The van der Waals surface area contributed by atoms with Crippen LogP contribution < -0.4 is 15.8 Å². The fraction of sp³-hybridized carbons (Fsp3) is 0.400. The molecule has 1 aliphatic rings. The Labute approximate surface area is 218 Å². The summed E-state index contributed by atoms with van der Waals surface area (Å²) in [6, 6.07) is 4.38. The van der Waals surface area contributed by atoms with Gasteiger partial charge in [0.05, 0.1) is 30.2 Å². The second-order valence-electron chi connectivity index (χ2n) is 9.17. The highest BCUT2D eigenvalue weighted by molar-refractivity contribution is 8.15. The Balaban J connectivity index is 1.55. The molecule has 1 aliphatic heterocycles. The minimum atomic E-state index is -0.981. The number of aliphatic imine (C=N–C) groups is 1. The zero-order valence-electron chi connectivity index (χ0n) is 21.2. The number of nitrogens with one attached hydrogen (secondary N) is 1. The van der Waals surface area contributed by atoms with Gasteiger partial charge in [-0.15, -0.1) is 0 Å². The number of halogens is 1. The van der Waals surface area contributed by atoms with Crippen molar-refractivity contribution >= 4 is 28.5 Å². The van der Waals surface area contributed by atoms with E-state index in [-0.39, 0.29) is 24.1 Å². The summed E-state index contributed by atoms with van der Waals surface area (Å²) in [6.45, 7) is 8.00. The van der Waals surface area contributed by atoms with Crippen LogP contribution in [0.15, 0.2) is 46.3 Å². The van der Waals surface area contributed by atoms with Gasteiger partial charge in [0, 0.05) is 29.0 Å². The number of amides is 1. The summed E-state index contributed by atoms with van der Waals surface area (Å²) >= 11 is 1.42. The molecule has 4 rings (SSSR count). The summed E-state index contributed by atoms with van der Waals surface area (Å²) in [4.78, 5) is 30.1. The van der Waals surface area contributed by atoms with Gasteiger partial charge in [0.1, 0.15) is 17.8 Å². The van der Waals surface area contributed by atoms with Crippen LogP contribution in [0.3, 0.4) is 0 Å². The Kier molecular flexibility index (Phi) is 7.51. The van der Waals surface area contributed by atoms with Crippen molar-refractivity contribution in [3.8, 4) is 5.88 Å². The molecule has 3 aromatic rings. The van der Waals surface area contributed by atoms with E-state index in [1.165, 1.54) is 42.6 Å². The van der Waals surface area contributed by atoms with Crippen LogP contribution in [0, 0.1) is 18.7 Å². The zero-order valence-corrected chi connectivity index (χ0v) is 22.1. The third kappa shape index (κ3) is 5.44. The molecule has 3 N–H and O–H groups in total. The molecule has 0 bridgehead atoms. The molecule has 196 valence electrons. The molecule has 12 heteroatoms. The van der Waals surface area contributed by atoms with Crippen molar-refractivity contribution in [2.45, 2.75) is 44.6 Å². The number of oxazole rings is 1. The lowest BCUT2D eigenvalue weighted by atomic mass is 9.74. The largest absolute Gasteiger partial charge is 0.467 e. The third-order valence-corrected chi connectivity index (χ3v) is 7.84. The van der Waals surface area contributed by atoms with Crippen LogP contribution in [-0.4, -0.2) is 44.5 Å². The fourth-order valence-electron chi connectivity index (χ4n) is 4.40. The van der Waals surface area contributed by atoms with E-state index >= 15 is 4.39 Å². The molecule has 37 heavy (non-hydrogen) atoms. The second-order valence-corrected chi connectivity index (χ2v) is 10.7. The van der Waals surface area contributed by atoms with E-state index < -0.39 is 22.0 Å². The van der Waals surface area contributed by atoms with E-state index in [2.05, 4.69) is 25.3 Å². The van der Waals surface area contributed by atoms with Crippen LogP contribution in [0.1, 0.15) is 48.4 Å². The van der Waals surface area contributed by atoms with Crippen LogP contribution in [0.4, 0.5) is 10.1 Å². The van der Waals surface area contributed by atoms with E-state index in [4.69, 9.17) is 19.6 Å². The number of hydrogen-bond acceptors (Lipinski definition) is 10. The first-order valence-electron chi connectivity index (χ1n) is 11.5. The van der Waals surface area contributed by atoms with E-state index in [1.807, 2.05) is 20.8 Å². The number of rotatable bonds is 8. The molecular formula is C25H29FN6O4S. The number of hydrogen-bond donors (Lipinski definition) is 2. The summed E-state index contributed by atoms with van der Waals surface area (Å²) in [6.07, 6.45) is 4.30.